The molecule has 1 amide bonds. The van der Waals surface area contributed by atoms with Crippen molar-refractivity contribution in [1.29, 1.82) is 0 Å². The van der Waals surface area contributed by atoms with E-state index < -0.39 is 17.4 Å². The monoisotopic (exact) mass is 343 g/mol. The number of rotatable bonds is 6. The summed E-state index contributed by atoms with van der Waals surface area (Å²) in [7, 11) is 0. The molecule has 7 nitrogen and oxygen atoms in total. The maximum Gasteiger partial charge on any atom is 0.311 e. The number of benzene rings is 1. The fourth-order valence-electron chi connectivity index (χ4n) is 3.07. The third kappa shape index (κ3) is 3.71. The van der Waals surface area contributed by atoms with Crippen molar-refractivity contribution in [3.05, 3.63) is 54.4 Å². The van der Waals surface area contributed by atoms with Crippen LogP contribution in [0.5, 0.6) is 0 Å². The normalized spacial score (nSPS) is 17.6. The highest BCUT2D eigenvalue weighted by molar-refractivity contribution is 5.84. The van der Waals surface area contributed by atoms with Crippen LogP contribution in [0.15, 0.2) is 48.8 Å². The molecule has 132 valence electrons. The Morgan fingerprint density at radius 1 is 1.24 bits per heavy atom. The fourth-order valence-corrected chi connectivity index (χ4v) is 3.07. The number of hydrogen-bond acceptors (Lipinski definition) is 4. The summed E-state index contributed by atoms with van der Waals surface area (Å²) in [6, 6.07) is 10.4. The first-order valence-corrected chi connectivity index (χ1v) is 8.25. The predicted octanol–water partition coefficient (Wildman–Crippen LogP) is 1.47. The fraction of sp³-hybridized carbons (Fsp3) is 0.389. The first-order chi connectivity index (χ1) is 12.1. The van der Waals surface area contributed by atoms with Crippen LogP contribution < -0.4 is 5.32 Å². The van der Waals surface area contributed by atoms with Gasteiger partial charge in [-0.3, -0.25) is 14.3 Å². The molecule has 2 N–H and O–H groups in total. The van der Waals surface area contributed by atoms with Gasteiger partial charge in [0.1, 0.15) is 0 Å². The van der Waals surface area contributed by atoms with E-state index in [0.29, 0.717) is 26.1 Å². The van der Waals surface area contributed by atoms with E-state index in [1.165, 1.54) is 0 Å². The molecular weight excluding hydrogens is 322 g/mol. The topological polar surface area (TPSA) is 93.5 Å². The van der Waals surface area contributed by atoms with E-state index in [-0.39, 0.29) is 12.5 Å². The van der Waals surface area contributed by atoms with Crippen LogP contribution in [0.1, 0.15) is 24.4 Å². The highest BCUT2D eigenvalue weighted by atomic mass is 16.5. The SMILES string of the molecule is O=C(NCC1(C(=O)O)CCOCC1)C(c1ccccc1)n1cccn1. The van der Waals surface area contributed by atoms with Gasteiger partial charge >= 0.3 is 5.97 Å². The van der Waals surface area contributed by atoms with E-state index in [1.807, 2.05) is 30.3 Å². The molecule has 0 spiro atoms. The zero-order valence-electron chi connectivity index (χ0n) is 13.8. The van der Waals surface area contributed by atoms with Gasteiger partial charge < -0.3 is 15.2 Å². The van der Waals surface area contributed by atoms with Gasteiger partial charge in [-0.05, 0) is 24.5 Å². The Balaban J connectivity index is 1.78. The summed E-state index contributed by atoms with van der Waals surface area (Å²) in [5, 5.41) is 16.6. The Morgan fingerprint density at radius 2 is 1.96 bits per heavy atom. The molecule has 0 radical (unpaired) electrons. The molecular formula is C18H21N3O4. The number of carbonyl (C=O) groups excluding carboxylic acids is 1. The molecule has 1 aromatic carbocycles. The molecule has 3 rings (SSSR count). The first kappa shape index (κ1) is 17.2. The van der Waals surface area contributed by atoms with E-state index in [1.54, 1.807) is 23.1 Å². The van der Waals surface area contributed by atoms with Gasteiger partial charge in [0, 0.05) is 32.2 Å². The molecule has 1 aromatic heterocycles. The van der Waals surface area contributed by atoms with Crippen molar-refractivity contribution in [2.75, 3.05) is 19.8 Å². The van der Waals surface area contributed by atoms with Crippen molar-refractivity contribution in [2.24, 2.45) is 5.41 Å². The van der Waals surface area contributed by atoms with Gasteiger partial charge in [-0.25, -0.2) is 0 Å². The van der Waals surface area contributed by atoms with Crippen LogP contribution >= 0.6 is 0 Å². The molecule has 2 aromatic rings. The smallest absolute Gasteiger partial charge is 0.311 e. The van der Waals surface area contributed by atoms with Gasteiger partial charge in [0.15, 0.2) is 6.04 Å². The highest BCUT2D eigenvalue weighted by Crippen LogP contribution is 2.30. The zero-order chi connectivity index (χ0) is 17.7. The Morgan fingerprint density at radius 3 is 2.56 bits per heavy atom. The molecule has 1 atom stereocenters. The molecule has 7 heteroatoms. The van der Waals surface area contributed by atoms with Gasteiger partial charge in [-0.15, -0.1) is 0 Å². The summed E-state index contributed by atoms with van der Waals surface area (Å²) < 4.78 is 6.84. The van der Waals surface area contributed by atoms with Crippen LogP contribution in [0.4, 0.5) is 0 Å². The van der Waals surface area contributed by atoms with E-state index in [9.17, 15) is 14.7 Å². The second kappa shape index (κ2) is 7.48. The summed E-state index contributed by atoms with van der Waals surface area (Å²) in [6.07, 6.45) is 4.11. The molecule has 1 fully saturated rings. The van der Waals surface area contributed by atoms with Crippen molar-refractivity contribution in [3.8, 4) is 0 Å². The number of nitrogens with one attached hydrogen (secondary N) is 1. The summed E-state index contributed by atoms with van der Waals surface area (Å²) >= 11 is 0. The largest absolute Gasteiger partial charge is 0.481 e. The van der Waals surface area contributed by atoms with Crippen molar-refractivity contribution < 1.29 is 19.4 Å². The number of aromatic nitrogens is 2. The lowest BCUT2D eigenvalue weighted by atomic mass is 9.80. The molecule has 0 bridgehead atoms. The standard InChI is InChI=1S/C18H21N3O4/c22-16(19-13-18(17(23)24)7-11-25-12-8-18)15(21-10-4-9-20-21)14-5-2-1-3-6-14/h1-6,9-10,15H,7-8,11-13H2,(H,19,22)(H,23,24). The Hall–Kier alpha value is -2.67. The van der Waals surface area contributed by atoms with Crippen LogP contribution in [0, 0.1) is 5.41 Å². The molecule has 1 saturated heterocycles. The summed E-state index contributed by atoms with van der Waals surface area (Å²) in [6.45, 7) is 0.863. The second-order valence-electron chi connectivity index (χ2n) is 6.21. The number of ether oxygens (including phenoxy) is 1. The summed E-state index contributed by atoms with van der Waals surface area (Å²) in [5.74, 6) is -1.17. The van der Waals surface area contributed by atoms with Gasteiger partial charge in [0.05, 0.1) is 5.41 Å². The third-order valence-corrected chi connectivity index (χ3v) is 4.66. The molecule has 1 aliphatic rings. The molecule has 1 unspecified atom stereocenters. The van der Waals surface area contributed by atoms with Crippen LogP contribution in [0.3, 0.4) is 0 Å². The van der Waals surface area contributed by atoms with Gasteiger partial charge in [-0.1, -0.05) is 30.3 Å². The molecule has 0 saturated carbocycles. The van der Waals surface area contributed by atoms with Gasteiger partial charge in [0.25, 0.3) is 0 Å². The minimum absolute atomic E-state index is 0.0785. The number of carboxylic acids is 1. The minimum Gasteiger partial charge on any atom is -0.481 e. The Labute approximate surface area is 145 Å². The van der Waals surface area contributed by atoms with Crippen LogP contribution in [-0.2, 0) is 14.3 Å². The van der Waals surface area contributed by atoms with E-state index in [4.69, 9.17) is 4.74 Å². The van der Waals surface area contributed by atoms with E-state index in [2.05, 4.69) is 10.4 Å². The van der Waals surface area contributed by atoms with Crippen molar-refractivity contribution in [2.45, 2.75) is 18.9 Å². The second-order valence-corrected chi connectivity index (χ2v) is 6.21. The molecule has 1 aliphatic heterocycles. The lowest BCUT2D eigenvalue weighted by molar-refractivity contribution is -0.154. The highest BCUT2D eigenvalue weighted by Gasteiger charge is 2.41. The maximum absolute atomic E-state index is 12.9. The van der Waals surface area contributed by atoms with Crippen LogP contribution in [-0.4, -0.2) is 46.5 Å². The van der Waals surface area contributed by atoms with Gasteiger partial charge in [0.2, 0.25) is 5.91 Å². The van der Waals surface area contributed by atoms with Crippen molar-refractivity contribution in [1.82, 2.24) is 15.1 Å². The number of amides is 1. The Kier molecular flexibility index (Phi) is 5.14. The van der Waals surface area contributed by atoms with Crippen LogP contribution in [0.25, 0.3) is 0 Å². The molecule has 0 aliphatic carbocycles. The quantitative estimate of drug-likeness (QED) is 0.828. The maximum atomic E-state index is 12.9. The van der Waals surface area contributed by atoms with Crippen molar-refractivity contribution >= 4 is 11.9 Å². The third-order valence-electron chi connectivity index (χ3n) is 4.66. The lowest BCUT2D eigenvalue weighted by Crippen LogP contribution is -2.48. The average Bonchev–Trinajstić information content (AvgIpc) is 3.16. The molecule has 25 heavy (non-hydrogen) atoms. The van der Waals surface area contributed by atoms with E-state index in [0.717, 1.165) is 5.56 Å². The van der Waals surface area contributed by atoms with Crippen LogP contribution in [0.2, 0.25) is 0 Å². The number of hydrogen-bond donors (Lipinski definition) is 2. The van der Waals surface area contributed by atoms with E-state index >= 15 is 0 Å². The number of nitrogens with zero attached hydrogens (tertiary/aromatic N) is 2. The Bertz CT molecular complexity index is 709. The molecule has 2 heterocycles. The van der Waals surface area contributed by atoms with Crippen molar-refractivity contribution in [3.63, 3.8) is 0 Å². The number of aliphatic carboxylic acids is 1. The lowest BCUT2D eigenvalue weighted by Gasteiger charge is -2.33. The summed E-state index contributed by atoms with van der Waals surface area (Å²) in [4.78, 5) is 24.6. The summed E-state index contributed by atoms with van der Waals surface area (Å²) in [5.41, 5.74) is -0.181. The van der Waals surface area contributed by atoms with Gasteiger partial charge in [-0.2, -0.15) is 5.10 Å². The predicted molar refractivity (Wildman–Crippen MR) is 89.9 cm³/mol. The number of carboxylic acid groups (broad SMARTS) is 1. The first-order valence-electron chi connectivity index (χ1n) is 8.25. The zero-order valence-corrected chi connectivity index (χ0v) is 13.8. The minimum atomic E-state index is -0.973. The average molecular weight is 343 g/mol. The number of carbonyl (C=O) groups is 2.